The van der Waals surface area contributed by atoms with Crippen LogP contribution in [0.1, 0.15) is 28.2 Å². The number of benzene rings is 1. The van der Waals surface area contributed by atoms with Gasteiger partial charge in [-0.25, -0.2) is 0 Å². The first-order valence-electron chi connectivity index (χ1n) is 7.99. The predicted octanol–water partition coefficient (Wildman–Crippen LogP) is 2.22. The summed E-state index contributed by atoms with van der Waals surface area (Å²) >= 11 is 0. The largest absolute Gasteiger partial charge is 0.461 e. The molecule has 7 heteroatoms. The normalized spacial score (nSPS) is 17.2. The fraction of sp³-hybridized carbons (Fsp3) is 0.353. The summed E-state index contributed by atoms with van der Waals surface area (Å²) in [5.74, 6) is 0.787. The Morgan fingerprint density at radius 1 is 1.42 bits per heavy atom. The molecular formula is C17H19N5O2. The molecule has 1 aliphatic carbocycles. The Bertz CT molecular complexity index is 882. The third-order valence-corrected chi connectivity index (χ3v) is 4.65. The van der Waals surface area contributed by atoms with Gasteiger partial charge in [0.25, 0.3) is 5.91 Å². The van der Waals surface area contributed by atoms with Gasteiger partial charge in [0.05, 0.1) is 6.20 Å². The van der Waals surface area contributed by atoms with E-state index in [1.165, 1.54) is 11.8 Å². The number of anilines is 1. The number of aromatic nitrogens is 3. The number of H-pyrrole nitrogens is 1. The summed E-state index contributed by atoms with van der Waals surface area (Å²) in [6.07, 6.45) is 4.42. The minimum atomic E-state index is -0.286. The lowest BCUT2D eigenvalue weighted by molar-refractivity contribution is 0.102. The second-order valence-electron chi connectivity index (χ2n) is 6.38. The van der Waals surface area contributed by atoms with Gasteiger partial charge in [-0.2, -0.15) is 15.4 Å². The Morgan fingerprint density at radius 2 is 2.29 bits per heavy atom. The molecule has 1 atom stereocenters. The zero-order valence-corrected chi connectivity index (χ0v) is 13.7. The standard InChI is InChI=1S/C17H19N5O2/c1-22(2)11-4-6-16-13(8-11)12-7-10(3-5-15(12)24-16)19-17(23)14-9-18-21-20-14/h3,5,7,9,11H,4,6,8H2,1-2H3,(H,19,23)(H,18,20,21). The molecule has 124 valence electrons. The molecule has 2 heterocycles. The Kier molecular flexibility index (Phi) is 3.57. The quantitative estimate of drug-likeness (QED) is 0.771. The first-order valence-corrected chi connectivity index (χ1v) is 7.99. The minimum absolute atomic E-state index is 0.261. The maximum absolute atomic E-state index is 12.1. The molecule has 3 aromatic rings. The van der Waals surface area contributed by atoms with E-state index in [0.717, 1.165) is 41.7 Å². The molecule has 1 amide bonds. The van der Waals surface area contributed by atoms with Gasteiger partial charge < -0.3 is 14.6 Å². The molecule has 2 aromatic heterocycles. The Morgan fingerprint density at radius 3 is 3.04 bits per heavy atom. The fourth-order valence-electron chi connectivity index (χ4n) is 3.29. The first kappa shape index (κ1) is 14.9. The number of carbonyl (C=O) groups excluding carboxylic acids is 1. The fourth-order valence-corrected chi connectivity index (χ4v) is 3.29. The number of hydrogen-bond acceptors (Lipinski definition) is 5. The van der Waals surface area contributed by atoms with Crippen molar-refractivity contribution >= 4 is 22.6 Å². The summed E-state index contributed by atoms with van der Waals surface area (Å²) in [4.78, 5) is 14.4. The SMILES string of the molecule is CN(C)C1CCc2oc3ccc(NC(=O)c4cn[nH]n4)cc3c2C1. The van der Waals surface area contributed by atoms with E-state index >= 15 is 0 Å². The maximum Gasteiger partial charge on any atom is 0.277 e. The van der Waals surface area contributed by atoms with Crippen LogP contribution in [0.25, 0.3) is 11.0 Å². The van der Waals surface area contributed by atoms with Crippen molar-refractivity contribution in [1.29, 1.82) is 0 Å². The van der Waals surface area contributed by atoms with E-state index in [4.69, 9.17) is 4.42 Å². The number of nitrogens with zero attached hydrogens (tertiary/aromatic N) is 3. The van der Waals surface area contributed by atoms with Crippen molar-refractivity contribution in [3.63, 3.8) is 0 Å². The number of furan rings is 1. The molecule has 1 aromatic carbocycles. The predicted molar refractivity (Wildman–Crippen MR) is 90.0 cm³/mol. The number of fused-ring (bicyclic) bond motifs is 3. The highest BCUT2D eigenvalue weighted by Crippen LogP contribution is 2.34. The molecule has 0 radical (unpaired) electrons. The molecule has 1 aliphatic rings. The van der Waals surface area contributed by atoms with E-state index in [1.807, 2.05) is 18.2 Å². The second-order valence-corrected chi connectivity index (χ2v) is 6.38. The van der Waals surface area contributed by atoms with E-state index in [1.54, 1.807) is 0 Å². The summed E-state index contributed by atoms with van der Waals surface area (Å²) in [6, 6.07) is 6.26. The number of carbonyl (C=O) groups is 1. The first-order chi connectivity index (χ1) is 11.6. The number of aryl methyl sites for hydroxylation is 1. The number of hydrogen-bond donors (Lipinski definition) is 2. The van der Waals surface area contributed by atoms with Crippen molar-refractivity contribution in [3.8, 4) is 0 Å². The molecule has 0 aliphatic heterocycles. The molecule has 0 saturated heterocycles. The molecule has 2 N–H and O–H groups in total. The molecule has 0 saturated carbocycles. The van der Waals surface area contributed by atoms with Crippen LogP contribution in [0.3, 0.4) is 0 Å². The lowest BCUT2D eigenvalue weighted by Gasteiger charge is -2.27. The van der Waals surface area contributed by atoms with Crippen LogP contribution in [0, 0.1) is 0 Å². The smallest absolute Gasteiger partial charge is 0.277 e. The maximum atomic E-state index is 12.1. The van der Waals surface area contributed by atoms with Gasteiger partial charge in [-0.3, -0.25) is 4.79 Å². The van der Waals surface area contributed by atoms with Gasteiger partial charge in [-0.05, 0) is 45.1 Å². The summed E-state index contributed by atoms with van der Waals surface area (Å²) < 4.78 is 5.99. The summed E-state index contributed by atoms with van der Waals surface area (Å²) in [5.41, 5.74) is 3.12. The van der Waals surface area contributed by atoms with E-state index < -0.39 is 0 Å². The van der Waals surface area contributed by atoms with E-state index in [2.05, 4.69) is 39.7 Å². The van der Waals surface area contributed by atoms with Crippen LogP contribution in [0.4, 0.5) is 5.69 Å². The summed E-state index contributed by atoms with van der Waals surface area (Å²) in [7, 11) is 4.23. The van der Waals surface area contributed by atoms with Crippen molar-refractivity contribution in [2.75, 3.05) is 19.4 Å². The molecule has 0 spiro atoms. The van der Waals surface area contributed by atoms with Gasteiger partial charge in [0.2, 0.25) is 0 Å². The highest BCUT2D eigenvalue weighted by Gasteiger charge is 2.25. The molecule has 4 rings (SSSR count). The number of likely N-dealkylation sites (N-methyl/N-ethyl adjacent to an activating group) is 1. The van der Waals surface area contributed by atoms with Crippen LogP contribution >= 0.6 is 0 Å². The van der Waals surface area contributed by atoms with Gasteiger partial charge in [0.15, 0.2) is 5.69 Å². The van der Waals surface area contributed by atoms with E-state index in [-0.39, 0.29) is 11.6 Å². The van der Waals surface area contributed by atoms with Crippen LogP contribution in [0.2, 0.25) is 0 Å². The lowest BCUT2D eigenvalue weighted by Crippen LogP contribution is -2.33. The Balaban J connectivity index is 1.65. The van der Waals surface area contributed by atoms with Crippen molar-refractivity contribution in [1.82, 2.24) is 20.3 Å². The molecule has 7 nitrogen and oxygen atoms in total. The topological polar surface area (TPSA) is 87.0 Å². The summed E-state index contributed by atoms with van der Waals surface area (Å²) in [6.45, 7) is 0. The molecule has 0 bridgehead atoms. The molecular weight excluding hydrogens is 306 g/mol. The third-order valence-electron chi connectivity index (χ3n) is 4.65. The number of aromatic amines is 1. The van der Waals surface area contributed by atoms with Crippen molar-refractivity contribution in [3.05, 3.63) is 41.4 Å². The third kappa shape index (κ3) is 2.56. The van der Waals surface area contributed by atoms with Crippen molar-refractivity contribution < 1.29 is 9.21 Å². The monoisotopic (exact) mass is 325 g/mol. The Hall–Kier alpha value is -2.67. The lowest BCUT2D eigenvalue weighted by atomic mass is 9.91. The average Bonchev–Trinajstić information content (AvgIpc) is 3.21. The minimum Gasteiger partial charge on any atom is -0.461 e. The Labute approximate surface area is 139 Å². The van der Waals surface area contributed by atoms with Gasteiger partial charge in [-0.15, -0.1) is 0 Å². The summed E-state index contributed by atoms with van der Waals surface area (Å²) in [5, 5.41) is 13.8. The molecule has 1 unspecified atom stereocenters. The zero-order chi connectivity index (χ0) is 16.7. The van der Waals surface area contributed by atoms with Crippen LogP contribution in [-0.4, -0.2) is 46.4 Å². The van der Waals surface area contributed by atoms with Crippen LogP contribution < -0.4 is 5.32 Å². The number of amides is 1. The van der Waals surface area contributed by atoms with Gasteiger partial charge in [0, 0.05) is 29.1 Å². The highest BCUT2D eigenvalue weighted by molar-refractivity contribution is 6.03. The van der Waals surface area contributed by atoms with Crippen LogP contribution in [0.15, 0.2) is 28.8 Å². The second kappa shape index (κ2) is 5.76. The van der Waals surface area contributed by atoms with Gasteiger partial charge >= 0.3 is 0 Å². The molecule has 0 fully saturated rings. The average molecular weight is 325 g/mol. The number of rotatable bonds is 3. The highest BCUT2D eigenvalue weighted by atomic mass is 16.3. The van der Waals surface area contributed by atoms with Crippen molar-refractivity contribution in [2.24, 2.45) is 0 Å². The van der Waals surface area contributed by atoms with Gasteiger partial charge in [0.1, 0.15) is 11.3 Å². The zero-order valence-electron chi connectivity index (χ0n) is 13.7. The van der Waals surface area contributed by atoms with E-state index in [9.17, 15) is 4.79 Å². The van der Waals surface area contributed by atoms with Crippen LogP contribution in [-0.2, 0) is 12.8 Å². The van der Waals surface area contributed by atoms with E-state index in [0.29, 0.717) is 6.04 Å². The number of nitrogens with one attached hydrogen (secondary N) is 2. The molecule has 24 heavy (non-hydrogen) atoms. The van der Waals surface area contributed by atoms with Crippen molar-refractivity contribution in [2.45, 2.75) is 25.3 Å². The van der Waals surface area contributed by atoms with Crippen LogP contribution in [0.5, 0.6) is 0 Å². The van der Waals surface area contributed by atoms with Gasteiger partial charge in [-0.1, -0.05) is 0 Å².